The number of hydrogen-bond acceptors (Lipinski definition) is 6. The van der Waals surface area contributed by atoms with Crippen molar-refractivity contribution in [2.45, 2.75) is 13.0 Å². The third-order valence-corrected chi connectivity index (χ3v) is 6.00. The highest BCUT2D eigenvalue weighted by Crippen LogP contribution is 2.40. The second-order valence-electron chi connectivity index (χ2n) is 7.33. The Hall–Kier alpha value is -3.36. The van der Waals surface area contributed by atoms with E-state index in [0.29, 0.717) is 39.9 Å². The fourth-order valence-electron chi connectivity index (χ4n) is 3.74. The predicted octanol–water partition coefficient (Wildman–Crippen LogP) is 5.26. The van der Waals surface area contributed by atoms with Crippen molar-refractivity contribution in [1.82, 2.24) is 20.4 Å². The number of nitrogens with zero attached hydrogens (tertiary/aromatic N) is 3. The molecule has 0 radical (unpaired) electrons. The van der Waals surface area contributed by atoms with Crippen LogP contribution in [-0.4, -0.2) is 40.9 Å². The topological polar surface area (TPSA) is 72.7 Å². The molecule has 1 atom stereocenters. The van der Waals surface area contributed by atoms with Crippen LogP contribution in [0.15, 0.2) is 65.3 Å². The number of methoxy groups -OCH3 is 2. The van der Waals surface area contributed by atoms with Crippen molar-refractivity contribution in [3.63, 3.8) is 0 Å². The molecule has 33 heavy (non-hydrogen) atoms. The molecule has 0 bridgehead atoms. The number of allylic oxidation sites excluding steroid dienone is 1. The molecule has 0 saturated heterocycles. The summed E-state index contributed by atoms with van der Waals surface area (Å²) < 4.78 is 16.6. The highest BCUT2D eigenvalue weighted by Gasteiger charge is 2.34. The number of aromatic nitrogens is 2. The van der Waals surface area contributed by atoms with Crippen molar-refractivity contribution in [2.24, 2.45) is 0 Å². The lowest BCUT2D eigenvalue weighted by Crippen LogP contribution is -2.45. The van der Waals surface area contributed by atoms with E-state index in [1.165, 1.54) is 0 Å². The number of rotatable bonds is 7. The molecule has 1 aliphatic heterocycles. The Morgan fingerprint density at radius 3 is 2.58 bits per heavy atom. The van der Waals surface area contributed by atoms with E-state index in [1.807, 2.05) is 42.2 Å². The molecule has 1 aliphatic rings. The Morgan fingerprint density at radius 1 is 1.18 bits per heavy atom. The maximum atomic E-state index is 6.01. The maximum Gasteiger partial charge on any atom is 0.258 e. The molecular formula is C24H23ClN4O3S. The van der Waals surface area contributed by atoms with Gasteiger partial charge in [-0.05, 0) is 61.1 Å². The number of hydrogen-bond donors (Lipinski definition) is 1. The molecule has 1 unspecified atom stereocenters. The maximum absolute atomic E-state index is 6.01. The zero-order valence-corrected chi connectivity index (χ0v) is 20.0. The van der Waals surface area contributed by atoms with Crippen molar-refractivity contribution in [1.29, 1.82) is 0 Å². The molecule has 1 N–H and O–H groups in total. The normalized spacial score (nSPS) is 15.9. The largest absolute Gasteiger partial charge is 0.493 e. The van der Waals surface area contributed by atoms with E-state index in [9.17, 15) is 0 Å². The van der Waals surface area contributed by atoms with Crippen molar-refractivity contribution in [3.8, 4) is 22.9 Å². The SMILES string of the molecule is C=CCN1C(=S)NC(c2ccc(OC)c(OC)c2)C(c2nc(-c3ccc(Cl)cc3)no2)=C1C. The van der Waals surface area contributed by atoms with Crippen molar-refractivity contribution in [3.05, 3.63) is 77.3 Å². The predicted molar refractivity (Wildman–Crippen MR) is 132 cm³/mol. The van der Waals surface area contributed by atoms with Gasteiger partial charge in [0, 0.05) is 22.8 Å². The second-order valence-corrected chi connectivity index (χ2v) is 8.15. The van der Waals surface area contributed by atoms with Gasteiger partial charge in [-0.3, -0.25) is 0 Å². The minimum atomic E-state index is -0.336. The Labute approximate surface area is 202 Å². The van der Waals surface area contributed by atoms with Gasteiger partial charge in [0.25, 0.3) is 5.89 Å². The van der Waals surface area contributed by atoms with Crippen LogP contribution in [0.5, 0.6) is 11.5 Å². The average Bonchev–Trinajstić information content (AvgIpc) is 3.31. The van der Waals surface area contributed by atoms with Crippen LogP contribution in [-0.2, 0) is 0 Å². The van der Waals surface area contributed by atoms with Gasteiger partial charge in [-0.1, -0.05) is 28.9 Å². The van der Waals surface area contributed by atoms with Gasteiger partial charge in [-0.25, -0.2) is 0 Å². The van der Waals surface area contributed by atoms with Gasteiger partial charge in [0.1, 0.15) is 0 Å². The summed E-state index contributed by atoms with van der Waals surface area (Å²) in [5.41, 5.74) is 3.42. The number of ether oxygens (including phenoxy) is 2. The van der Waals surface area contributed by atoms with Gasteiger partial charge in [0.05, 0.1) is 25.8 Å². The summed E-state index contributed by atoms with van der Waals surface area (Å²) in [5.74, 6) is 2.11. The molecule has 0 spiro atoms. The number of nitrogens with one attached hydrogen (secondary N) is 1. The average molecular weight is 483 g/mol. The van der Waals surface area contributed by atoms with E-state index in [0.717, 1.165) is 22.4 Å². The van der Waals surface area contributed by atoms with Crippen molar-refractivity contribution < 1.29 is 14.0 Å². The van der Waals surface area contributed by atoms with Crippen LogP contribution in [0.25, 0.3) is 17.0 Å². The van der Waals surface area contributed by atoms with Crippen LogP contribution < -0.4 is 14.8 Å². The Morgan fingerprint density at radius 2 is 1.91 bits per heavy atom. The monoisotopic (exact) mass is 482 g/mol. The van der Waals surface area contributed by atoms with Crippen molar-refractivity contribution >= 4 is 34.5 Å². The van der Waals surface area contributed by atoms with Gasteiger partial charge < -0.3 is 24.2 Å². The molecule has 4 rings (SSSR count). The molecule has 170 valence electrons. The Bertz CT molecular complexity index is 1220. The fraction of sp³-hybridized carbons (Fsp3) is 0.208. The summed E-state index contributed by atoms with van der Waals surface area (Å²) in [6, 6.07) is 12.7. The first-order valence-corrected chi connectivity index (χ1v) is 11.0. The smallest absolute Gasteiger partial charge is 0.258 e. The van der Waals surface area contributed by atoms with Crippen LogP contribution >= 0.6 is 23.8 Å². The Kier molecular flexibility index (Phi) is 6.67. The lowest BCUT2D eigenvalue weighted by molar-refractivity contribution is 0.354. The Balaban J connectivity index is 1.82. The van der Waals surface area contributed by atoms with Crippen LogP contribution in [0.2, 0.25) is 5.02 Å². The van der Waals surface area contributed by atoms with Gasteiger partial charge in [0.15, 0.2) is 16.6 Å². The third-order valence-electron chi connectivity index (χ3n) is 5.41. The molecule has 0 saturated carbocycles. The first-order valence-electron chi connectivity index (χ1n) is 10.2. The zero-order valence-electron chi connectivity index (χ0n) is 18.5. The fourth-order valence-corrected chi connectivity index (χ4v) is 4.19. The van der Waals surface area contributed by atoms with E-state index in [-0.39, 0.29) is 6.04 Å². The minimum Gasteiger partial charge on any atom is -0.493 e. The molecular weight excluding hydrogens is 460 g/mol. The molecule has 0 amide bonds. The van der Waals surface area contributed by atoms with Crippen molar-refractivity contribution in [2.75, 3.05) is 20.8 Å². The summed E-state index contributed by atoms with van der Waals surface area (Å²) in [6.07, 6.45) is 1.79. The zero-order chi connectivity index (χ0) is 23.5. The molecule has 2 heterocycles. The minimum absolute atomic E-state index is 0.336. The second kappa shape index (κ2) is 9.64. The summed E-state index contributed by atoms with van der Waals surface area (Å²) in [4.78, 5) is 6.63. The van der Waals surface area contributed by atoms with Gasteiger partial charge in [-0.15, -0.1) is 6.58 Å². The first-order chi connectivity index (χ1) is 16.0. The lowest BCUT2D eigenvalue weighted by Gasteiger charge is -2.37. The highest BCUT2D eigenvalue weighted by atomic mass is 35.5. The van der Waals surface area contributed by atoms with Gasteiger partial charge in [0.2, 0.25) is 5.82 Å². The highest BCUT2D eigenvalue weighted by molar-refractivity contribution is 7.80. The number of thiocarbonyl (C=S) groups is 1. The molecule has 7 nitrogen and oxygen atoms in total. The number of halogens is 1. The molecule has 1 aromatic heterocycles. The van der Waals surface area contributed by atoms with E-state index >= 15 is 0 Å². The summed E-state index contributed by atoms with van der Waals surface area (Å²) >= 11 is 11.7. The van der Waals surface area contributed by atoms with Gasteiger partial charge >= 0.3 is 0 Å². The summed E-state index contributed by atoms with van der Waals surface area (Å²) in [7, 11) is 3.20. The first kappa shape index (κ1) is 22.8. The van der Waals surface area contributed by atoms with E-state index in [1.54, 1.807) is 32.4 Å². The summed E-state index contributed by atoms with van der Waals surface area (Å²) in [6.45, 7) is 6.36. The standard InChI is InChI=1S/C24H23ClN4O3S/c1-5-12-29-14(2)20(23-27-22(28-32-23)15-6-9-17(25)10-7-15)21(26-24(29)33)16-8-11-18(30-3)19(13-16)31-4/h5-11,13,21H,1,12H2,2-4H3,(H,26,33). The molecule has 2 aromatic carbocycles. The molecule has 0 fully saturated rings. The van der Waals surface area contributed by atoms with E-state index in [4.69, 9.17) is 37.8 Å². The lowest BCUT2D eigenvalue weighted by atomic mass is 9.94. The van der Waals surface area contributed by atoms with Crippen LogP contribution in [0.3, 0.4) is 0 Å². The molecule has 0 aliphatic carbocycles. The van der Waals surface area contributed by atoms with Crippen LogP contribution in [0.1, 0.15) is 24.4 Å². The number of benzene rings is 2. The van der Waals surface area contributed by atoms with E-state index < -0.39 is 0 Å². The van der Waals surface area contributed by atoms with Gasteiger partial charge in [-0.2, -0.15) is 4.98 Å². The third kappa shape index (κ3) is 4.44. The van der Waals surface area contributed by atoms with E-state index in [2.05, 4.69) is 22.0 Å². The van der Waals surface area contributed by atoms with Crippen LogP contribution in [0.4, 0.5) is 0 Å². The molecule has 3 aromatic rings. The van der Waals surface area contributed by atoms with Crippen LogP contribution in [0, 0.1) is 0 Å². The molecule has 9 heteroatoms. The quantitative estimate of drug-likeness (QED) is 0.361. The summed E-state index contributed by atoms with van der Waals surface area (Å²) in [5, 5.41) is 8.82.